The van der Waals surface area contributed by atoms with Gasteiger partial charge in [0.1, 0.15) is 11.7 Å². The summed E-state index contributed by atoms with van der Waals surface area (Å²) in [6.07, 6.45) is -0.441. The first-order valence-corrected chi connectivity index (χ1v) is 18.8. The summed E-state index contributed by atoms with van der Waals surface area (Å²) >= 11 is 0. The molecule has 2 fully saturated rings. The van der Waals surface area contributed by atoms with Gasteiger partial charge in [-0.25, -0.2) is 4.79 Å². The summed E-state index contributed by atoms with van der Waals surface area (Å²) in [5.74, 6) is -0.402. The molecule has 1 aromatic carbocycles. The van der Waals surface area contributed by atoms with Crippen LogP contribution in [0.3, 0.4) is 0 Å². The number of carbonyl (C=O) groups excluding carboxylic acids is 2. The molecular formula is C35H60N2O7Si. The van der Waals surface area contributed by atoms with Crippen LogP contribution in [0.2, 0.25) is 16.6 Å². The van der Waals surface area contributed by atoms with Crippen molar-refractivity contribution in [3.63, 3.8) is 0 Å². The van der Waals surface area contributed by atoms with E-state index in [4.69, 9.17) is 23.4 Å². The molecule has 0 N–H and O–H groups in total. The van der Waals surface area contributed by atoms with E-state index in [-0.39, 0.29) is 41.0 Å². The maximum Gasteiger partial charge on any atom is 0.411 e. The average molecular weight is 649 g/mol. The third-order valence-corrected chi connectivity index (χ3v) is 16.2. The molecule has 2 heterocycles. The van der Waals surface area contributed by atoms with Crippen molar-refractivity contribution in [3.8, 4) is 0 Å². The number of hydrogen-bond acceptors (Lipinski definition) is 7. The zero-order valence-electron chi connectivity index (χ0n) is 29.9. The third kappa shape index (κ3) is 7.61. The molecule has 10 heteroatoms. The largest absolute Gasteiger partial charge is 0.444 e. The molecule has 2 amide bonds. The lowest BCUT2D eigenvalue weighted by Crippen LogP contribution is -2.73. The van der Waals surface area contributed by atoms with Gasteiger partial charge in [0.05, 0.1) is 6.61 Å². The molecule has 9 nitrogen and oxygen atoms in total. The third-order valence-electron chi connectivity index (χ3n) is 10.1. The van der Waals surface area contributed by atoms with Crippen molar-refractivity contribution in [2.24, 2.45) is 11.8 Å². The number of benzene rings is 1. The van der Waals surface area contributed by atoms with Crippen LogP contribution in [-0.4, -0.2) is 94.7 Å². The molecule has 0 radical (unpaired) electrons. The molecule has 0 unspecified atom stereocenters. The molecule has 4 atom stereocenters. The minimum absolute atomic E-state index is 0.0820. The Labute approximate surface area is 273 Å². The van der Waals surface area contributed by atoms with Crippen LogP contribution in [0.4, 0.5) is 4.79 Å². The number of hydrogen-bond donors (Lipinski definition) is 0. The molecule has 3 rings (SSSR count). The molecule has 45 heavy (non-hydrogen) atoms. The van der Waals surface area contributed by atoms with E-state index in [2.05, 4.69) is 41.5 Å². The molecule has 1 aromatic rings. The van der Waals surface area contributed by atoms with Gasteiger partial charge in [0.25, 0.3) is 5.91 Å². The van der Waals surface area contributed by atoms with Crippen LogP contribution in [0.5, 0.6) is 0 Å². The SMILES string of the molecule is COC[C@H](O[Si](C(C)C)(C(C)C)C(C)C)[C@@]12C(=O)N(Cc3ccccc3)CC[C@@H]1[C@H](CC(OC)OC)CN2C(=O)OC(C)(C)C. The first kappa shape index (κ1) is 37.5. The highest BCUT2D eigenvalue weighted by molar-refractivity contribution is 6.77. The minimum Gasteiger partial charge on any atom is -0.444 e. The lowest BCUT2D eigenvalue weighted by atomic mass is 9.70. The second-order valence-electron chi connectivity index (χ2n) is 14.8. The molecule has 0 spiro atoms. The summed E-state index contributed by atoms with van der Waals surface area (Å²) < 4.78 is 30.9. The van der Waals surface area contributed by atoms with Gasteiger partial charge in [-0.15, -0.1) is 0 Å². The van der Waals surface area contributed by atoms with Gasteiger partial charge in [0.15, 0.2) is 11.8 Å². The van der Waals surface area contributed by atoms with Crippen LogP contribution in [0.25, 0.3) is 0 Å². The second-order valence-corrected chi connectivity index (χ2v) is 20.2. The van der Waals surface area contributed by atoms with Gasteiger partial charge in [-0.1, -0.05) is 71.9 Å². The number of fused-ring (bicyclic) bond motifs is 1. The number of rotatable bonds is 14. The first-order valence-electron chi connectivity index (χ1n) is 16.7. The summed E-state index contributed by atoms with van der Waals surface area (Å²) in [6.45, 7) is 20.5. The normalized spacial score (nSPS) is 23.4. The van der Waals surface area contributed by atoms with Crippen molar-refractivity contribution in [1.29, 1.82) is 0 Å². The lowest BCUT2D eigenvalue weighted by molar-refractivity contribution is -0.165. The minimum atomic E-state index is -2.56. The highest BCUT2D eigenvalue weighted by Crippen LogP contribution is 2.53. The number of amides is 2. The van der Waals surface area contributed by atoms with Crippen LogP contribution in [-0.2, 0) is 34.7 Å². The summed E-state index contributed by atoms with van der Waals surface area (Å²) in [4.78, 5) is 33.4. The maximum atomic E-state index is 15.4. The Hall–Kier alpha value is -1.98. The van der Waals surface area contributed by atoms with E-state index in [0.29, 0.717) is 32.5 Å². The molecule has 0 aliphatic carbocycles. The number of nitrogens with zero attached hydrogens (tertiary/aromatic N) is 2. The number of ether oxygens (including phenoxy) is 4. The molecule has 256 valence electrons. The topological polar surface area (TPSA) is 86.8 Å². The molecule has 2 saturated heterocycles. The Balaban J connectivity index is 2.30. The van der Waals surface area contributed by atoms with E-state index in [1.807, 2.05) is 56.0 Å². The summed E-state index contributed by atoms with van der Waals surface area (Å²) in [6, 6.07) is 10.0. The van der Waals surface area contributed by atoms with Gasteiger partial charge in [-0.05, 0) is 55.3 Å². The molecule has 0 aromatic heterocycles. The second kappa shape index (κ2) is 15.3. The van der Waals surface area contributed by atoms with Crippen molar-refractivity contribution in [2.45, 2.75) is 122 Å². The Kier molecular flexibility index (Phi) is 12.7. The molecule has 0 bridgehead atoms. The molecular weight excluding hydrogens is 588 g/mol. The van der Waals surface area contributed by atoms with E-state index in [1.54, 1.807) is 26.2 Å². The Morgan fingerprint density at radius 1 is 0.978 bits per heavy atom. The van der Waals surface area contributed by atoms with Crippen LogP contribution < -0.4 is 0 Å². The van der Waals surface area contributed by atoms with Gasteiger partial charge in [0, 0.05) is 53.3 Å². The van der Waals surface area contributed by atoms with Crippen LogP contribution >= 0.6 is 0 Å². The average Bonchev–Trinajstić information content (AvgIpc) is 3.30. The number of carbonyl (C=O) groups is 2. The van der Waals surface area contributed by atoms with Crippen LogP contribution in [0, 0.1) is 11.8 Å². The monoisotopic (exact) mass is 648 g/mol. The fourth-order valence-corrected chi connectivity index (χ4v) is 13.9. The number of likely N-dealkylation sites (tertiary alicyclic amines) is 2. The smallest absolute Gasteiger partial charge is 0.411 e. The molecule has 0 saturated carbocycles. The van der Waals surface area contributed by atoms with Crippen LogP contribution in [0.15, 0.2) is 30.3 Å². The fraction of sp³-hybridized carbons (Fsp3) is 0.771. The van der Waals surface area contributed by atoms with Crippen molar-refractivity contribution in [1.82, 2.24) is 9.80 Å². The number of methoxy groups -OCH3 is 3. The summed E-state index contributed by atoms with van der Waals surface area (Å²) in [7, 11) is 2.34. The summed E-state index contributed by atoms with van der Waals surface area (Å²) in [5, 5.41) is 0. The maximum absolute atomic E-state index is 15.4. The summed E-state index contributed by atoms with van der Waals surface area (Å²) in [5.41, 5.74) is -0.244. The van der Waals surface area contributed by atoms with Crippen molar-refractivity contribution in [3.05, 3.63) is 35.9 Å². The van der Waals surface area contributed by atoms with E-state index in [9.17, 15) is 4.79 Å². The van der Waals surface area contributed by atoms with Gasteiger partial charge in [-0.2, -0.15) is 0 Å². The molecule has 2 aliphatic rings. The van der Waals surface area contributed by atoms with E-state index >= 15 is 4.79 Å². The first-order chi connectivity index (χ1) is 21.1. The predicted molar refractivity (Wildman–Crippen MR) is 179 cm³/mol. The Morgan fingerprint density at radius 2 is 1.56 bits per heavy atom. The standard InChI is InChI=1S/C35H60N2O7Si/c1-24(2)45(25(3)4,26(5)6)44-30(23-40-10)35-29(18-19-36(32(35)38)21-27-16-14-13-15-17-27)28(20-31(41-11)42-12)22-37(35)33(39)43-34(7,8)9/h13-17,24-26,28-31H,18-23H2,1-12H3/t28-,29-,30+,35-/m1/s1. The Morgan fingerprint density at radius 3 is 2.04 bits per heavy atom. The quantitative estimate of drug-likeness (QED) is 0.161. The van der Waals surface area contributed by atoms with Crippen LogP contribution in [0.1, 0.15) is 80.7 Å². The predicted octanol–water partition coefficient (Wildman–Crippen LogP) is 6.86. The highest BCUT2D eigenvalue weighted by atomic mass is 28.4. The van der Waals surface area contributed by atoms with Crippen molar-refractivity contribution in [2.75, 3.05) is 41.0 Å². The van der Waals surface area contributed by atoms with E-state index in [1.165, 1.54) is 0 Å². The molecule has 2 aliphatic heterocycles. The van der Waals surface area contributed by atoms with Gasteiger partial charge in [-0.3, -0.25) is 9.69 Å². The van der Waals surface area contributed by atoms with Gasteiger partial charge >= 0.3 is 6.09 Å². The zero-order valence-corrected chi connectivity index (χ0v) is 30.9. The van der Waals surface area contributed by atoms with Gasteiger partial charge < -0.3 is 28.3 Å². The fourth-order valence-electron chi connectivity index (χ4n) is 8.33. The number of piperidine rings is 1. The zero-order chi connectivity index (χ0) is 33.7. The Bertz CT molecular complexity index is 1080. The van der Waals surface area contributed by atoms with E-state index in [0.717, 1.165) is 5.56 Å². The van der Waals surface area contributed by atoms with Gasteiger partial charge in [0.2, 0.25) is 8.32 Å². The van der Waals surface area contributed by atoms with E-state index < -0.39 is 37.9 Å². The van der Waals surface area contributed by atoms with Crippen molar-refractivity contribution < 1.29 is 33.0 Å². The van der Waals surface area contributed by atoms with Crippen molar-refractivity contribution >= 4 is 20.3 Å². The lowest BCUT2D eigenvalue weighted by Gasteiger charge is -2.54. The highest BCUT2D eigenvalue weighted by Gasteiger charge is 2.69.